The highest BCUT2D eigenvalue weighted by atomic mass is 35.5. The average Bonchev–Trinajstić information content (AvgIpc) is 1.84. The Bertz CT molecular complexity index is 187. The van der Waals surface area contributed by atoms with Crippen LogP contribution >= 0.6 is 11.6 Å². The zero-order valence-corrected chi connectivity index (χ0v) is 6.77. The summed E-state index contributed by atoms with van der Waals surface area (Å²) in [5, 5.41) is 11.5. The van der Waals surface area contributed by atoms with Crippen molar-refractivity contribution in [3.8, 4) is 0 Å². The van der Waals surface area contributed by atoms with Crippen LogP contribution in [0.3, 0.4) is 0 Å². The molecule has 62 valence electrons. The highest BCUT2D eigenvalue weighted by Crippen LogP contribution is 2.19. The molecule has 11 heavy (non-hydrogen) atoms. The van der Waals surface area contributed by atoms with Crippen molar-refractivity contribution in [2.75, 3.05) is 0 Å². The average molecular weight is 176 g/mol. The van der Waals surface area contributed by atoms with Crippen molar-refractivity contribution < 1.29 is 9.90 Å². The molecule has 3 nitrogen and oxygen atoms in total. The molecule has 0 saturated heterocycles. The molecule has 1 aliphatic carbocycles. The molecule has 4 heteroatoms. The summed E-state index contributed by atoms with van der Waals surface area (Å²) in [5.74, 6) is -0.344. The van der Waals surface area contributed by atoms with Crippen LogP contribution in [0, 0.1) is 0 Å². The number of carbonyl (C=O) groups is 1. The summed E-state index contributed by atoms with van der Waals surface area (Å²) in [6, 6.07) is 0.0769. The van der Waals surface area contributed by atoms with Crippen LogP contribution in [0.1, 0.15) is 12.8 Å². The summed E-state index contributed by atoms with van der Waals surface area (Å²) >= 11 is 5.32. The quantitative estimate of drug-likeness (QED) is 0.597. The third-order valence-electron chi connectivity index (χ3n) is 1.69. The highest BCUT2D eigenvalue weighted by molar-refractivity contribution is 6.41. The maximum atomic E-state index is 10.8. The Labute approximate surface area is 70.0 Å². The first-order valence-electron chi connectivity index (χ1n) is 3.43. The number of amides is 1. The van der Waals surface area contributed by atoms with Crippen molar-refractivity contribution in [3.05, 3.63) is 11.6 Å². The highest BCUT2D eigenvalue weighted by Gasteiger charge is 2.28. The Kier molecular flexibility index (Phi) is 2.52. The zero-order chi connectivity index (χ0) is 8.43. The molecule has 1 fully saturated rings. The van der Waals surface area contributed by atoms with E-state index in [1.807, 2.05) is 0 Å². The fourth-order valence-electron chi connectivity index (χ4n) is 0.969. The van der Waals surface area contributed by atoms with Crippen LogP contribution in [0.25, 0.3) is 0 Å². The predicted octanol–water partition coefficient (Wildman–Crippen LogP) is 0.378. The van der Waals surface area contributed by atoms with Crippen LogP contribution in [0.2, 0.25) is 0 Å². The number of aliphatic hydroxyl groups excluding tert-OH is 1. The molecule has 0 spiro atoms. The van der Waals surface area contributed by atoms with E-state index in [0.717, 1.165) is 0 Å². The van der Waals surface area contributed by atoms with Crippen LogP contribution in [0.5, 0.6) is 0 Å². The Hall–Kier alpha value is -0.540. The van der Waals surface area contributed by atoms with E-state index in [4.69, 9.17) is 16.7 Å². The summed E-state index contributed by atoms with van der Waals surface area (Å²) < 4.78 is 0. The minimum absolute atomic E-state index is 0.00797. The third kappa shape index (κ3) is 2.20. The van der Waals surface area contributed by atoms with Gasteiger partial charge in [-0.05, 0) is 12.8 Å². The molecule has 0 aromatic rings. The summed E-state index contributed by atoms with van der Waals surface area (Å²) in [6.07, 6.45) is 0.982. The molecule has 0 radical (unpaired) electrons. The van der Waals surface area contributed by atoms with E-state index in [9.17, 15) is 4.79 Å². The van der Waals surface area contributed by atoms with Gasteiger partial charge in [-0.15, -0.1) is 0 Å². The SMILES string of the molecule is C=C(Cl)C(=O)NC1CC(O)C1. The zero-order valence-electron chi connectivity index (χ0n) is 6.01. The van der Waals surface area contributed by atoms with E-state index in [1.165, 1.54) is 0 Å². The molecular weight excluding hydrogens is 166 g/mol. The maximum absolute atomic E-state index is 10.8. The van der Waals surface area contributed by atoms with Gasteiger partial charge in [0.05, 0.1) is 11.1 Å². The van der Waals surface area contributed by atoms with Crippen LogP contribution in [0.15, 0.2) is 11.6 Å². The number of carbonyl (C=O) groups excluding carboxylic acids is 1. The number of hydrogen-bond donors (Lipinski definition) is 2. The number of rotatable bonds is 2. The van der Waals surface area contributed by atoms with E-state index in [-0.39, 0.29) is 23.1 Å². The molecule has 0 atom stereocenters. The monoisotopic (exact) mass is 175 g/mol. The lowest BCUT2D eigenvalue weighted by molar-refractivity contribution is -0.118. The molecule has 0 aromatic carbocycles. The number of halogens is 1. The summed E-state index contributed by atoms with van der Waals surface area (Å²) in [6.45, 7) is 3.28. The molecule has 0 unspecified atom stereocenters. The van der Waals surface area contributed by atoms with Gasteiger partial charge in [0.15, 0.2) is 0 Å². The molecule has 1 saturated carbocycles. The fraction of sp³-hybridized carbons (Fsp3) is 0.571. The van der Waals surface area contributed by atoms with Gasteiger partial charge >= 0.3 is 0 Å². The van der Waals surface area contributed by atoms with Gasteiger partial charge in [-0.3, -0.25) is 4.79 Å². The first-order valence-corrected chi connectivity index (χ1v) is 3.80. The lowest BCUT2D eigenvalue weighted by Gasteiger charge is -2.31. The van der Waals surface area contributed by atoms with Gasteiger partial charge in [-0.2, -0.15) is 0 Å². The smallest absolute Gasteiger partial charge is 0.262 e. The summed E-state index contributed by atoms with van der Waals surface area (Å²) in [4.78, 5) is 10.8. The number of hydrogen-bond acceptors (Lipinski definition) is 2. The Balaban J connectivity index is 2.22. The minimum atomic E-state index is -0.344. The molecule has 1 rings (SSSR count). The van der Waals surface area contributed by atoms with Crippen molar-refractivity contribution in [1.82, 2.24) is 5.32 Å². The Morgan fingerprint density at radius 1 is 1.64 bits per heavy atom. The van der Waals surface area contributed by atoms with Crippen molar-refractivity contribution in [2.24, 2.45) is 0 Å². The Morgan fingerprint density at radius 2 is 2.18 bits per heavy atom. The molecule has 0 aliphatic heterocycles. The van der Waals surface area contributed by atoms with E-state index >= 15 is 0 Å². The second-order valence-electron chi connectivity index (χ2n) is 2.70. The number of nitrogens with one attached hydrogen (secondary N) is 1. The van der Waals surface area contributed by atoms with Crippen LogP contribution in [-0.2, 0) is 4.79 Å². The molecule has 1 aliphatic rings. The van der Waals surface area contributed by atoms with Crippen molar-refractivity contribution in [3.63, 3.8) is 0 Å². The first-order chi connectivity index (χ1) is 5.09. The third-order valence-corrected chi connectivity index (χ3v) is 1.87. The largest absolute Gasteiger partial charge is 0.393 e. The van der Waals surface area contributed by atoms with Crippen LogP contribution < -0.4 is 5.32 Å². The van der Waals surface area contributed by atoms with Crippen molar-refractivity contribution >= 4 is 17.5 Å². The minimum Gasteiger partial charge on any atom is -0.393 e. The van der Waals surface area contributed by atoms with Gasteiger partial charge in [-0.1, -0.05) is 18.2 Å². The lowest BCUT2D eigenvalue weighted by Crippen LogP contribution is -2.46. The topological polar surface area (TPSA) is 49.3 Å². The van der Waals surface area contributed by atoms with Crippen molar-refractivity contribution in [1.29, 1.82) is 0 Å². The lowest BCUT2D eigenvalue weighted by atomic mass is 9.89. The molecule has 0 aromatic heterocycles. The fourth-order valence-corrected chi connectivity index (χ4v) is 1.02. The Morgan fingerprint density at radius 3 is 2.55 bits per heavy atom. The van der Waals surface area contributed by atoms with Gasteiger partial charge in [0.25, 0.3) is 5.91 Å². The number of aliphatic hydroxyl groups is 1. The van der Waals surface area contributed by atoms with E-state index in [1.54, 1.807) is 0 Å². The first kappa shape index (κ1) is 8.56. The van der Waals surface area contributed by atoms with Gasteiger partial charge in [0.1, 0.15) is 0 Å². The van der Waals surface area contributed by atoms with Gasteiger partial charge in [-0.25, -0.2) is 0 Å². The normalized spacial score (nSPS) is 28.9. The molecular formula is C7H10ClNO2. The predicted molar refractivity (Wildman–Crippen MR) is 42.2 cm³/mol. The molecule has 1 amide bonds. The van der Waals surface area contributed by atoms with E-state index in [2.05, 4.69) is 11.9 Å². The van der Waals surface area contributed by atoms with E-state index in [0.29, 0.717) is 12.8 Å². The second-order valence-corrected chi connectivity index (χ2v) is 3.16. The van der Waals surface area contributed by atoms with Gasteiger partial charge in [0, 0.05) is 6.04 Å². The van der Waals surface area contributed by atoms with Crippen LogP contribution in [-0.4, -0.2) is 23.2 Å². The second kappa shape index (κ2) is 3.24. The van der Waals surface area contributed by atoms with Gasteiger partial charge < -0.3 is 10.4 Å². The van der Waals surface area contributed by atoms with Crippen molar-refractivity contribution in [2.45, 2.75) is 25.0 Å². The van der Waals surface area contributed by atoms with E-state index < -0.39 is 0 Å². The summed E-state index contributed by atoms with van der Waals surface area (Å²) in [7, 11) is 0. The maximum Gasteiger partial charge on any atom is 0.262 e. The molecule has 0 heterocycles. The summed E-state index contributed by atoms with van der Waals surface area (Å²) in [5.41, 5.74) is 0. The molecule has 0 bridgehead atoms. The van der Waals surface area contributed by atoms with Crippen LogP contribution in [0.4, 0.5) is 0 Å². The molecule has 2 N–H and O–H groups in total. The standard InChI is InChI=1S/C7H10ClNO2/c1-4(8)7(11)9-5-2-6(10)3-5/h5-6,10H,1-3H2,(H,9,11). The van der Waals surface area contributed by atoms with Gasteiger partial charge in [0.2, 0.25) is 0 Å².